The van der Waals surface area contributed by atoms with Crippen LogP contribution in [0.3, 0.4) is 0 Å². The molecule has 0 aliphatic rings. The van der Waals surface area contributed by atoms with Crippen LogP contribution >= 0.6 is 0 Å². The van der Waals surface area contributed by atoms with Crippen LogP contribution < -0.4 is 0 Å². The standard InChI is InChI=1S/C11H18/c1-4-7-8-10-11(6-3)9-5-2/h5-6,10H,2-4,7-9H2,1H3. The lowest BCUT2D eigenvalue weighted by atomic mass is 10.1. The number of unbranched alkanes of at least 4 members (excludes halogenated alkanes) is 2. The van der Waals surface area contributed by atoms with Gasteiger partial charge in [-0.1, -0.05) is 44.6 Å². The summed E-state index contributed by atoms with van der Waals surface area (Å²) in [6.45, 7) is 9.63. The van der Waals surface area contributed by atoms with Crippen LogP contribution in [0.25, 0.3) is 0 Å². The van der Waals surface area contributed by atoms with Crippen molar-refractivity contribution in [3.8, 4) is 0 Å². The number of rotatable bonds is 6. The highest BCUT2D eigenvalue weighted by Gasteiger charge is 1.86. The lowest BCUT2D eigenvalue weighted by Gasteiger charge is -1.95. The summed E-state index contributed by atoms with van der Waals surface area (Å²) in [5.41, 5.74) is 1.30. The molecule has 0 aromatic rings. The van der Waals surface area contributed by atoms with Crippen LogP contribution in [-0.4, -0.2) is 0 Å². The van der Waals surface area contributed by atoms with Gasteiger partial charge in [0, 0.05) is 0 Å². The molecular weight excluding hydrogens is 132 g/mol. The Morgan fingerprint density at radius 2 is 2.09 bits per heavy atom. The van der Waals surface area contributed by atoms with Crippen molar-refractivity contribution in [2.75, 3.05) is 0 Å². The maximum atomic E-state index is 3.74. The molecule has 0 heterocycles. The second kappa shape index (κ2) is 7.33. The van der Waals surface area contributed by atoms with Crippen molar-refractivity contribution in [3.63, 3.8) is 0 Å². The first-order valence-electron chi connectivity index (χ1n) is 4.27. The third-order valence-electron chi connectivity index (χ3n) is 1.61. The Balaban J connectivity index is 3.70. The van der Waals surface area contributed by atoms with Gasteiger partial charge in [0.2, 0.25) is 0 Å². The Bertz CT molecular complexity index is 140. The summed E-state index contributed by atoms with van der Waals surface area (Å²) in [6.07, 6.45) is 10.7. The topological polar surface area (TPSA) is 0 Å². The summed E-state index contributed by atoms with van der Waals surface area (Å²) in [6, 6.07) is 0. The van der Waals surface area contributed by atoms with Crippen molar-refractivity contribution in [2.24, 2.45) is 0 Å². The largest absolute Gasteiger partial charge is 0.103 e. The predicted octanol–water partition coefficient (Wildman–Crippen LogP) is 3.87. The van der Waals surface area contributed by atoms with E-state index in [9.17, 15) is 0 Å². The van der Waals surface area contributed by atoms with Gasteiger partial charge in [0.1, 0.15) is 0 Å². The molecule has 0 aliphatic heterocycles. The molecule has 0 aliphatic carbocycles. The minimum atomic E-state index is 0.952. The maximum absolute atomic E-state index is 3.74. The second-order valence-electron chi connectivity index (χ2n) is 2.62. The zero-order valence-corrected chi connectivity index (χ0v) is 7.47. The molecule has 0 nitrogen and oxygen atoms in total. The molecule has 0 aromatic carbocycles. The minimum Gasteiger partial charge on any atom is -0.103 e. The highest BCUT2D eigenvalue weighted by Crippen LogP contribution is 2.06. The lowest BCUT2D eigenvalue weighted by molar-refractivity contribution is 0.811. The van der Waals surface area contributed by atoms with E-state index in [-0.39, 0.29) is 0 Å². The van der Waals surface area contributed by atoms with Crippen molar-refractivity contribution < 1.29 is 0 Å². The molecule has 11 heavy (non-hydrogen) atoms. The second-order valence-corrected chi connectivity index (χ2v) is 2.62. The maximum Gasteiger partial charge on any atom is -0.0104 e. The molecule has 62 valence electrons. The Kier molecular flexibility index (Phi) is 6.81. The molecule has 0 saturated carbocycles. The van der Waals surface area contributed by atoms with Gasteiger partial charge in [-0.2, -0.15) is 0 Å². The van der Waals surface area contributed by atoms with Crippen LogP contribution in [0, 0.1) is 0 Å². The molecule has 0 saturated heterocycles. The van der Waals surface area contributed by atoms with Crippen molar-refractivity contribution in [1.82, 2.24) is 0 Å². The van der Waals surface area contributed by atoms with Gasteiger partial charge in [-0.05, 0) is 18.4 Å². The zero-order chi connectivity index (χ0) is 8.53. The van der Waals surface area contributed by atoms with E-state index in [1.807, 2.05) is 12.2 Å². The van der Waals surface area contributed by atoms with Crippen molar-refractivity contribution >= 4 is 0 Å². The smallest absolute Gasteiger partial charge is 0.0104 e. The molecule has 0 spiro atoms. The Morgan fingerprint density at radius 1 is 1.36 bits per heavy atom. The summed E-state index contributed by atoms with van der Waals surface area (Å²) >= 11 is 0. The average Bonchev–Trinajstić information content (AvgIpc) is 2.03. The van der Waals surface area contributed by atoms with Gasteiger partial charge in [0.25, 0.3) is 0 Å². The summed E-state index contributed by atoms with van der Waals surface area (Å²) in [5, 5.41) is 0. The molecule has 0 unspecified atom stereocenters. The quantitative estimate of drug-likeness (QED) is 0.306. The molecule has 0 amide bonds. The molecule has 0 atom stereocenters. The van der Waals surface area contributed by atoms with E-state index in [0.717, 1.165) is 6.42 Å². The van der Waals surface area contributed by atoms with Crippen molar-refractivity contribution in [3.05, 3.63) is 37.0 Å². The van der Waals surface area contributed by atoms with Crippen LogP contribution in [0.5, 0.6) is 0 Å². The number of hydrogen-bond donors (Lipinski definition) is 0. The van der Waals surface area contributed by atoms with Gasteiger partial charge in [-0.15, -0.1) is 6.58 Å². The fourth-order valence-electron chi connectivity index (χ4n) is 0.908. The van der Waals surface area contributed by atoms with Crippen molar-refractivity contribution in [1.29, 1.82) is 0 Å². The van der Waals surface area contributed by atoms with E-state index < -0.39 is 0 Å². The first-order valence-corrected chi connectivity index (χ1v) is 4.27. The van der Waals surface area contributed by atoms with Crippen LogP contribution in [-0.2, 0) is 0 Å². The predicted molar refractivity (Wildman–Crippen MR) is 52.6 cm³/mol. The Hall–Kier alpha value is -0.780. The van der Waals surface area contributed by atoms with E-state index in [4.69, 9.17) is 0 Å². The molecule has 0 bridgehead atoms. The summed E-state index contributed by atoms with van der Waals surface area (Å²) < 4.78 is 0. The van der Waals surface area contributed by atoms with E-state index in [2.05, 4.69) is 26.2 Å². The molecule has 0 fully saturated rings. The molecule has 0 radical (unpaired) electrons. The van der Waals surface area contributed by atoms with Crippen LogP contribution in [0.15, 0.2) is 37.0 Å². The lowest BCUT2D eigenvalue weighted by Crippen LogP contribution is -1.75. The van der Waals surface area contributed by atoms with Crippen molar-refractivity contribution in [2.45, 2.75) is 32.6 Å². The minimum absolute atomic E-state index is 0.952. The van der Waals surface area contributed by atoms with Crippen LogP contribution in [0.1, 0.15) is 32.6 Å². The van der Waals surface area contributed by atoms with Gasteiger partial charge in [-0.3, -0.25) is 0 Å². The fraction of sp³-hybridized carbons (Fsp3) is 0.455. The third-order valence-corrected chi connectivity index (χ3v) is 1.61. The molecule has 0 N–H and O–H groups in total. The van der Waals surface area contributed by atoms with E-state index >= 15 is 0 Å². The summed E-state index contributed by atoms with van der Waals surface area (Å²) in [5.74, 6) is 0. The van der Waals surface area contributed by atoms with Gasteiger partial charge in [0.05, 0.1) is 0 Å². The van der Waals surface area contributed by atoms with E-state index in [1.165, 1.54) is 24.8 Å². The monoisotopic (exact) mass is 150 g/mol. The Labute approximate surface area is 70.3 Å². The number of allylic oxidation sites excluding steroid dienone is 4. The van der Waals surface area contributed by atoms with Gasteiger partial charge in [0.15, 0.2) is 0 Å². The summed E-state index contributed by atoms with van der Waals surface area (Å²) in [4.78, 5) is 0. The Morgan fingerprint density at radius 3 is 2.55 bits per heavy atom. The highest BCUT2D eigenvalue weighted by molar-refractivity contribution is 5.18. The highest BCUT2D eigenvalue weighted by atomic mass is 13.9. The van der Waals surface area contributed by atoms with Crippen LogP contribution in [0.4, 0.5) is 0 Å². The molecule has 0 heteroatoms. The van der Waals surface area contributed by atoms with Gasteiger partial charge in [-0.25, -0.2) is 0 Å². The summed E-state index contributed by atoms with van der Waals surface area (Å²) in [7, 11) is 0. The fourth-order valence-corrected chi connectivity index (χ4v) is 0.908. The third kappa shape index (κ3) is 5.65. The van der Waals surface area contributed by atoms with Gasteiger partial charge >= 0.3 is 0 Å². The first-order chi connectivity index (χ1) is 5.35. The average molecular weight is 150 g/mol. The molecule has 0 aromatic heterocycles. The molecule has 0 rings (SSSR count). The first kappa shape index (κ1) is 10.2. The van der Waals surface area contributed by atoms with Crippen LogP contribution in [0.2, 0.25) is 0 Å². The normalized spacial score (nSPS) is 11.2. The van der Waals surface area contributed by atoms with E-state index in [0.29, 0.717) is 0 Å². The number of hydrogen-bond acceptors (Lipinski definition) is 0. The molecular formula is C11H18. The van der Waals surface area contributed by atoms with Gasteiger partial charge < -0.3 is 0 Å². The van der Waals surface area contributed by atoms with E-state index in [1.54, 1.807) is 0 Å². The SMILES string of the molecule is C=CCC(C=C)=CCCCC. The zero-order valence-electron chi connectivity index (χ0n) is 7.47.